The van der Waals surface area contributed by atoms with Crippen LogP contribution in [0.3, 0.4) is 0 Å². The first-order chi connectivity index (χ1) is 10.9. The van der Waals surface area contributed by atoms with Crippen molar-refractivity contribution in [2.45, 2.75) is 62.6 Å². The summed E-state index contributed by atoms with van der Waals surface area (Å²) in [6.07, 6.45) is 2.52. The van der Waals surface area contributed by atoms with Crippen molar-refractivity contribution >= 4 is 40.0 Å². The van der Waals surface area contributed by atoms with Crippen molar-refractivity contribution in [1.82, 2.24) is 15.5 Å². The van der Waals surface area contributed by atoms with Crippen molar-refractivity contribution < 1.29 is 9.59 Å². The molecule has 0 bridgehead atoms. The third kappa shape index (κ3) is 5.17. The van der Waals surface area contributed by atoms with Gasteiger partial charge in [0, 0.05) is 19.0 Å². The van der Waals surface area contributed by atoms with Gasteiger partial charge >= 0.3 is 0 Å². The van der Waals surface area contributed by atoms with Crippen LogP contribution in [0, 0.1) is 5.92 Å². The van der Waals surface area contributed by atoms with E-state index in [1.807, 2.05) is 13.8 Å². The molecule has 1 unspecified atom stereocenters. The first-order valence-corrected chi connectivity index (χ1v) is 9.71. The highest BCUT2D eigenvalue weighted by Gasteiger charge is 2.35. The van der Waals surface area contributed by atoms with Gasteiger partial charge in [0.1, 0.15) is 0 Å². The molecule has 1 heterocycles. The van der Waals surface area contributed by atoms with Gasteiger partial charge in [0.2, 0.25) is 16.9 Å². The molecule has 0 saturated heterocycles. The Bertz CT molecular complexity index is 557. The lowest BCUT2D eigenvalue weighted by molar-refractivity contribution is -0.120. The van der Waals surface area contributed by atoms with Gasteiger partial charge in [-0.25, -0.2) is 0 Å². The second kappa shape index (κ2) is 8.10. The fourth-order valence-corrected chi connectivity index (χ4v) is 4.07. The molecular formula is C15H24N4O2S2. The number of carbonyl (C=O) groups excluding carboxylic acids is 2. The predicted molar refractivity (Wildman–Crippen MR) is 93.9 cm³/mol. The van der Waals surface area contributed by atoms with Crippen LogP contribution in [-0.4, -0.2) is 39.8 Å². The van der Waals surface area contributed by atoms with E-state index in [1.165, 1.54) is 23.1 Å². The summed E-state index contributed by atoms with van der Waals surface area (Å²) in [7, 11) is 0. The van der Waals surface area contributed by atoms with E-state index in [0.717, 1.165) is 17.2 Å². The number of thioether (sulfide) groups is 1. The molecule has 0 radical (unpaired) electrons. The summed E-state index contributed by atoms with van der Waals surface area (Å²) in [5.41, 5.74) is 0. The van der Waals surface area contributed by atoms with Crippen molar-refractivity contribution in [3.8, 4) is 0 Å². The van der Waals surface area contributed by atoms with Gasteiger partial charge in [-0.05, 0) is 25.7 Å². The molecule has 1 fully saturated rings. The maximum atomic E-state index is 12.1. The van der Waals surface area contributed by atoms with E-state index in [9.17, 15) is 9.59 Å². The number of carbonyl (C=O) groups is 2. The first kappa shape index (κ1) is 18.2. The Balaban J connectivity index is 1.96. The molecule has 0 aliphatic heterocycles. The highest BCUT2D eigenvalue weighted by Crippen LogP contribution is 2.37. The Labute approximate surface area is 145 Å². The highest BCUT2D eigenvalue weighted by atomic mass is 32.2. The smallest absolute Gasteiger partial charge is 0.233 e. The lowest BCUT2D eigenvalue weighted by Crippen LogP contribution is -2.33. The number of amides is 2. The number of hydrogen-bond donors (Lipinski definition) is 1. The molecule has 23 heavy (non-hydrogen) atoms. The van der Waals surface area contributed by atoms with E-state index >= 15 is 0 Å². The zero-order valence-electron chi connectivity index (χ0n) is 14.0. The van der Waals surface area contributed by atoms with Gasteiger partial charge in [-0.3, -0.25) is 14.5 Å². The lowest BCUT2D eigenvalue weighted by atomic mass is 10.2. The third-order valence-corrected chi connectivity index (χ3v) is 5.52. The summed E-state index contributed by atoms with van der Waals surface area (Å²) in [6.45, 7) is 8.51. The Morgan fingerprint density at radius 3 is 2.61 bits per heavy atom. The van der Waals surface area contributed by atoms with Crippen LogP contribution >= 0.6 is 23.1 Å². The molecular weight excluding hydrogens is 332 g/mol. The van der Waals surface area contributed by atoms with Crippen LogP contribution in [0.4, 0.5) is 5.13 Å². The number of nitrogens with zero attached hydrogens (tertiary/aromatic N) is 3. The normalized spacial score (nSPS) is 15.5. The number of nitrogens with one attached hydrogen (secondary N) is 1. The summed E-state index contributed by atoms with van der Waals surface area (Å²) in [6, 6.07) is 0.278. The number of rotatable bonds is 8. The van der Waals surface area contributed by atoms with Gasteiger partial charge in [-0.2, -0.15) is 0 Å². The lowest BCUT2D eigenvalue weighted by Gasteiger charge is -2.17. The summed E-state index contributed by atoms with van der Waals surface area (Å²) >= 11 is 2.78. The third-order valence-electron chi connectivity index (χ3n) is 3.42. The quantitative estimate of drug-likeness (QED) is 0.572. The second-order valence-corrected chi connectivity index (χ2v) is 8.64. The topological polar surface area (TPSA) is 75.2 Å². The molecule has 8 heteroatoms. The molecule has 128 valence electrons. The summed E-state index contributed by atoms with van der Waals surface area (Å²) < 4.78 is 0.724. The predicted octanol–water partition coefficient (Wildman–Crippen LogP) is 2.70. The van der Waals surface area contributed by atoms with Crippen LogP contribution in [0.2, 0.25) is 0 Å². The minimum Gasteiger partial charge on any atom is -0.355 e. The molecule has 2 rings (SSSR count). The van der Waals surface area contributed by atoms with Gasteiger partial charge in [-0.15, -0.1) is 10.2 Å². The average molecular weight is 357 g/mol. The van der Waals surface area contributed by atoms with Crippen LogP contribution in [0.1, 0.15) is 47.0 Å². The molecule has 0 aromatic carbocycles. The van der Waals surface area contributed by atoms with E-state index in [2.05, 4.69) is 29.4 Å². The Morgan fingerprint density at radius 1 is 1.35 bits per heavy atom. The highest BCUT2D eigenvalue weighted by molar-refractivity contribution is 8.02. The van der Waals surface area contributed by atoms with Crippen molar-refractivity contribution in [3.63, 3.8) is 0 Å². The van der Waals surface area contributed by atoms with E-state index < -0.39 is 0 Å². The fraction of sp³-hybridized carbons (Fsp3) is 0.733. The zero-order valence-corrected chi connectivity index (χ0v) is 15.7. The van der Waals surface area contributed by atoms with E-state index in [4.69, 9.17) is 0 Å². The molecule has 1 aliphatic carbocycles. The second-order valence-electron chi connectivity index (χ2n) is 6.10. The van der Waals surface area contributed by atoms with Crippen LogP contribution in [0.5, 0.6) is 0 Å². The minimum absolute atomic E-state index is 0.00383. The van der Waals surface area contributed by atoms with Crippen molar-refractivity contribution in [2.75, 3.05) is 11.4 Å². The maximum Gasteiger partial charge on any atom is 0.233 e. The average Bonchev–Trinajstić information content (AvgIpc) is 3.24. The fourth-order valence-electron chi connectivity index (χ4n) is 1.97. The van der Waals surface area contributed by atoms with Crippen molar-refractivity contribution in [1.29, 1.82) is 0 Å². The molecule has 1 atom stereocenters. The number of aromatic nitrogens is 2. The molecule has 1 aliphatic rings. The maximum absolute atomic E-state index is 12.1. The van der Waals surface area contributed by atoms with Crippen LogP contribution in [0.25, 0.3) is 0 Å². The van der Waals surface area contributed by atoms with Gasteiger partial charge < -0.3 is 5.32 Å². The molecule has 1 aromatic rings. The summed E-state index contributed by atoms with van der Waals surface area (Å²) in [5.74, 6) is 0.517. The van der Waals surface area contributed by atoms with Crippen molar-refractivity contribution in [2.24, 2.45) is 5.92 Å². The number of hydrogen-bond acceptors (Lipinski definition) is 6. The molecule has 6 nitrogen and oxygen atoms in total. The van der Waals surface area contributed by atoms with Crippen LogP contribution in [-0.2, 0) is 9.59 Å². The zero-order chi connectivity index (χ0) is 17.0. The summed E-state index contributed by atoms with van der Waals surface area (Å²) in [4.78, 5) is 25.9. The van der Waals surface area contributed by atoms with Crippen LogP contribution in [0.15, 0.2) is 4.34 Å². The van der Waals surface area contributed by atoms with Gasteiger partial charge in [0.25, 0.3) is 0 Å². The number of anilines is 1. The molecule has 1 aromatic heterocycles. The molecule has 1 saturated carbocycles. The minimum atomic E-state index is -0.231. The van der Waals surface area contributed by atoms with E-state index in [-0.39, 0.29) is 23.1 Å². The largest absolute Gasteiger partial charge is 0.355 e. The molecule has 0 spiro atoms. The van der Waals surface area contributed by atoms with Gasteiger partial charge in [0.05, 0.1) is 5.25 Å². The van der Waals surface area contributed by atoms with E-state index in [0.29, 0.717) is 24.0 Å². The first-order valence-electron chi connectivity index (χ1n) is 8.02. The van der Waals surface area contributed by atoms with Gasteiger partial charge in [0.15, 0.2) is 4.34 Å². The van der Waals surface area contributed by atoms with E-state index in [1.54, 1.807) is 4.90 Å². The molecule has 2 amide bonds. The molecule has 1 N–H and O–H groups in total. The standard InChI is InChI=1S/C15H24N4O2S2/c1-5-12(20)19(11-6-7-11)14-17-18-15(23-14)22-10(4)13(21)16-8-9(2)3/h9-11H,5-8H2,1-4H3,(H,16,21). The summed E-state index contributed by atoms with van der Waals surface area (Å²) in [5, 5.41) is 11.6. The van der Waals surface area contributed by atoms with Crippen molar-refractivity contribution in [3.05, 3.63) is 0 Å². The van der Waals surface area contributed by atoms with Gasteiger partial charge in [-0.1, -0.05) is 43.9 Å². The monoisotopic (exact) mass is 356 g/mol. The Kier molecular flexibility index (Phi) is 6.41. The SMILES string of the molecule is CCC(=O)N(c1nnc(SC(C)C(=O)NCC(C)C)s1)C1CC1. The Morgan fingerprint density at radius 2 is 2.04 bits per heavy atom. The Hall–Kier alpha value is -1.15. The van der Waals surface area contributed by atoms with Crippen LogP contribution < -0.4 is 10.2 Å².